The summed E-state index contributed by atoms with van der Waals surface area (Å²) in [6.45, 7) is 3.84. The van der Waals surface area contributed by atoms with Crippen LogP contribution in [0.1, 0.15) is 25.3 Å². The van der Waals surface area contributed by atoms with Crippen LogP contribution in [0, 0.1) is 5.82 Å². The van der Waals surface area contributed by atoms with Gasteiger partial charge in [0.2, 0.25) is 0 Å². The molecule has 2 aromatic carbocycles. The summed E-state index contributed by atoms with van der Waals surface area (Å²) in [5, 5.41) is 6.45. The Morgan fingerprint density at radius 2 is 1.81 bits per heavy atom. The number of aliphatic imine (C=N–C) groups is 1. The highest BCUT2D eigenvalue weighted by molar-refractivity contribution is 7.85. The van der Waals surface area contributed by atoms with Crippen LogP contribution >= 0.6 is 0 Å². The Balaban J connectivity index is 1.57. The number of hydrogen-bond donors (Lipinski definition) is 2. The number of hydrogen-bond acceptors (Lipinski definition) is 2. The lowest BCUT2D eigenvalue weighted by atomic mass is 9.95. The molecule has 0 amide bonds. The lowest BCUT2D eigenvalue weighted by molar-refractivity contribution is 0.572. The third-order valence-corrected chi connectivity index (χ3v) is 6.14. The Labute approximate surface area is 162 Å². The molecule has 3 rings (SSSR count). The molecule has 0 aliphatic heterocycles. The third kappa shape index (κ3) is 5.16. The van der Waals surface area contributed by atoms with Gasteiger partial charge in [0.05, 0.1) is 17.3 Å². The van der Waals surface area contributed by atoms with Crippen LogP contribution in [0.15, 0.2) is 64.5 Å². The molecule has 1 fully saturated rings. The van der Waals surface area contributed by atoms with Crippen LogP contribution in [0.2, 0.25) is 0 Å². The van der Waals surface area contributed by atoms with Gasteiger partial charge in [-0.2, -0.15) is 0 Å². The Morgan fingerprint density at radius 3 is 2.48 bits per heavy atom. The Morgan fingerprint density at radius 1 is 1.11 bits per heavy atom. The summed E-state index contributed by atoms with van der Waals surface area (Å²) in [6.07, 6.45) is 1.91. The van der Waals surface area contributed by atoms with E-state index in [1.807, 2.05) is 49.4 Å². The smallest absolute Gasteiger partial charge is 0.191 e. The summed E-state index contributed by atoms with van der Waals surface area (Å²) < 4.78 is 26.4. The minimum atomic E-state index is -1.04. The van der Waals surface area contributed by atoms with Gasteiger partial charge in [0.1, 0.15) is 5.82 Å². The molecule has 1 aliphatic carbocycles. The second-order valence-corrected chi connectivity index (χ2v) is 8.32. The van der Waals surface area contributed by atoms with Gasteiger partial charge in [-0.1, -0.05) is 36.4 Å². The highest BCUT2D eigenvalue weighted by atomic mass is 32.2. The van der Waals surface area contributed by atoms with Gasteiger partial charge in [0.15, 0.2) is 5.96 Å². The maximum absolute atomic E-state index is 14.1. The zero-order valence-corrected chi connectivity index (χ0v) is 16.4. The maximum Gasteiger partial charge on any atom is 0.191 e. The second-order valence-electron chi connectivity index (χ2n) is 6.74. The Bertz CT molecular complexity index is 806. The van der Waals surface area contributed by atoms with Crippen molar-refractivity contribution in [3.63, 3.8) is 0 Å². The molecule has 1 aliphatic rings. The van der Waals surface area contributed by atoms with Crippen molar-refractivity contribution in [3.8, 4) is 0 Å². The highest BCUT2D eigenvalue weighted by Gasteiger charge is 2.45. The molecule has 1 saturated carbocycles. The van der Waals surface area contributed by atoms with Gasteiger partial charge < -0.3 is 10.6 Å². The van der Waals surface area contributed by atoms with Crippen LogP contribution in [0.5, 0.6) is 0 Å². The van der Waals surface area contributed by atoms with E-state index in [0.29, 0.717) is 24.8 Å². The zero-order valence-electron chi connectivity index (χ0n) is 15.6. The molecule has 1 atom stereocenters. The number of nitrogens with one attached hydrogen (secondary N) is 2. The van der Waals surface area contributed by atoms with Crippen molar-refractivity contribution in [2.45, 2.75) is 30.1 Å². The van der Waals surface area contributed by atoms with E-state index in [-0.39, 0.29) is 11.2 Å². The first-order valence-corrected chi connectivity index (χ1v) is 10.7. The number of nitrogens with zero attached hydrogens (tertiary/aromatic N) is 1. The Hall–Kier alpha value is -2.21. The first-order chi connectivity index (χ1) is 13.1. The van der Waals surface area contributed by atoms with Gasteiger partial charge in [0, 0.05) is 29.2 Å². The number of rotatable bonds is 8. The monoisotopic (exact) mass is 387 g/mol. The highest BCUT2D eigenvalue weighted by Crippen LogP contribution is 2.49. The normalized spacial score (nSPS) is 16.6. The number of halogens is 1. The summed E-state index contributed by atoms with van der Waals surface area (Å²) in [7, 11) is -1.04. The quantitative estimate of drug-likeness (QED) is 0.540. The van der Waals surface area contributed by atoms with Gasteiger partial charge in [-0.05, 0) is 43.5 Å². The van der Waals surface area contributed by atoms with E-state index in [1.165, 1.54) is 6.07 Å². The van der Waals surface area contributed by atoms with Crippen LogP contribution in [-0.4, -0.2) is 35.6 Å². The van der Waals surface area contributed by atoms with Crippen molar-refractivity contribution < 1.29 is 8.60 Å². The molecule has 0 spiro atoms. The van der Waals surface area contributed by atoms with Gasteiger partial charge in [-0.3, -0.25) is 9.20 Å². The standard InChI is InChI=1S/C21H26FN3OS/c1-2-23-20(24-14-15-27(26)17-8-4-3-5-9-17)25-16-21(12-13-21)18-10-6-7-11-19(18)22/h3-11H,2,12-16H2,1H3,(H2,23,24,25). The van der Waals surface area contributed by atoms with Crippen LogP contribution in [0.25, 0.3) is 0 Å². The van der Waals surface area contributed by atoms with Crippen LogP contribution in [0.4, 0.5) is 4.39 Å². The predicted octanol–water partition coefficient (Wildman–Crippen LogP) is 3.22. The van der Waals surface area contributed by atoms with Crippen LogP contribution in [0.3, 0.4) is 0 Å². The third-order valence-electron chi connectivity index (χ3n) is 4.77. The number of guanidine groups is 1. The molecule has 0 aromatic heterocycles. The molecule has 2 N–H and O–H groups in total. The summed E-state index contributed by atoms with van der Waals surface area (Å²) in [6, 6.07) is 16.4. The van der Waals surface area contributed by atoms with E-state index in [9.17, 15) is 8.60 Å². The van der Waals surface area contributed by atoms with E-state index in [2.05, 4.69) is 15.6 Å². The summed E-state index contributed by atoms with van der Waals surface area (Å²) in [5.74, 6) is 1.04. The van der Waals surface area contributed by atoms with Crippen LogP contribution in [-0.2, 0) is 16.2 Å². The molecule has 2 aromatic rings. The minimum Gasteiger partial charge on any atom is -0.357 e. The van der Waals surface area contributed by atoms with E-state index in [1.54, 1.807) is 6.07 Å². The molecule has 6 heteroatoms. The Kier molecular flexibility index (Phi) is 6.61. The molecular weight excluding hydrogens is 361 g/mol. The first-order valence-electron chi connectivity index (χ1n) is 9.35. The van der Waals surface area contributed by atoms with Crippen molar-refractivity contribution in [1.29, 1.82) is 0 Å². The topological polar surface area (TPSA) is 53.5 Å². The molecule has 4 nitrogen and oxygen atoms in total. The number of benzene rings is 2. The average molecular weight is 388 g/mol. The van der Waals surface area contributed by atoms with Gasteiger partial charge in [0.25, 0.3) is 0 Å². The minimum absolute atomic E-state index is 0.151. The van der Waals surface area contributed by atoms with Crippen molar-refractivity contribution in [2.24, 2.45) is 4.99 Å². The van der Waals surface area contributed by atoms with Crippen LogP contribution < -0.4 is 10.6 Å². The SMILES string of the molecule is CCNC(=NCC1(c2ccccc2F)CC1)NCCS(=O)c1ccccc1. The fraction of sp³-hybridized carbons (Fsp3) is 0.381. The van der Waals surface area contributed by atoms with E-state index >= 15 is 0 Å². The fourth-order valence-electron chi connectivity index (χ4n) is 3.08. The molecule has 0 heterocycles. The first kappa shape index (κ1) is 19.5. The van der Waals surface area contributed by atoms with Crippen molar-refractivity contribution in [2.75, 3.05) is 25.4 Å². The van der Waals surface area contributed by atoms with E-state index < -0.39 is 10.8 Å². The average Bonchev–Trinajstić information content (AvgIpc) is 3.48. The van der Waals surface area contributed by atoms with Gasteiger partial charge in [-0.15, -0.1) is 0 Å². The maximum atomic E-state index is 14.1. The van der Waals surface area contributed by atoms with Gasteiger partial charge in [-0.25, -0.2) is 4.39 Å². The van der Waals surface area contributed by atoms with Crippen molar-refractivity contribution >= 4 is 16.8 Å². The molecule has 0 saturated heterocycles. The molecule has 1 unspecified atom stereocenters. The summed E-state index contributed by atoms with van der Waals surface area (Å²) in [4.78, 5) is 5.49. The van der Waals surface area contributed by atoms with E-state index in [0.717, 1.165) is 29.8 Å². The zero-order chi connectivity index (χ0) is 19.1. The summed E-state index contributed by atoms with van der Waals surface area (Å²) in [5.41, 5.74) is 0.579. The molecule has 27 heavy (non-hydrogen) atoms. The largest absolute Gasteiger partial charge is 0.357 e. The van der Waals surface area contributed by atoms with Crippen molar-refractivity contribution in [3.05, 3.63) is 66.0 Å². The lowest BCUT2D eigenvalue weighted by Gasteiger charge is -2.16. The van der Waals surface area contributed by atoms with Gasteiger partial charge >= 0.3 is 0 Å². The van der Waals surface area contributed by atoms with E-state index in [4.69, 9.17) is 0 Å². The molecule has 0 bridgehead atoms. The fourth-order valence-corrected chi connectivity index (χ4v) is 4.06. The second kappa shape index (κ2) is 9.13. The predicted molar refractivity (Wildman–Crippen MR) is 109 cm³/mol. The molecule has 0 radical (unpaired) electrons. The van der Waals surface area contributed by atoms with Crippen molar-refractivity contribution in [1.82, 2.24) is 10.6 Å². The molecule has 144 valence electrons. The summed E-state index contributed by atoms with van der Waals surface area (Å²) >= 11 is 0. The molecular formula is C21H26FN3OS. The lowest BCUT2D eigenvalue weighted by Crippen LogP contribution is -2.39.